The number of hydrogen-bond acceptors (Lipinski definition) is 4. The molecule has 1 atom stereocenters. The third kappa shape index (κ3) is 3.59. The van der Waals surface area contributed by atoms with Crippen molar-refractivity contribution in [2.45, 2.75) is 12.3 Å². The third-order valence-corrected chi connectivity index (χ3v) is 4.23. The van der Waals surface area contributed by atoms with Crippen LogP contribution in [0.5, 0.6) is 11.5 Å². The van der Waals surface area contributed by atoms with Gasteiger partial charge in [-0.2, -0.15) is 0 Å². The SMILES string of the molecule is CN(C)c1cccc(CC(CN)c2ccc3c(c2)OCCO3)c1. The summed E-state index contributed by atoms with van der Waals surface area (Å²) < 4.78 is 11.3. The lowest BCUT2D eigenvalue weighted by Crippen LogP contribution is -2.18. The molecule has 0 spiro atoms. The highest BCUT2D eigenvalue weighted by molar-refractivity contribution is 5.48. The maximum atomic E-state index is 6.04. The van der Waals surface area contributed by atoms with Gasteiger partial charge in [-0.05, 0) is 48.4 Å². The molecule has 0 saturated carbocycles. The Hall–Kier alpha value is -2.20. The second kappa shape index (κ2) is 6.92. The predicted molar refractivity (Wildman–Crippen MR) is 93.7 cm³/mol. The molecular weight excluding hydrogens is 288 g/mol. The lowest BCUT2D eigenvalue weighted by atomic mass is 9.91. The number of hydrogen-bond donors (Lipinski definition) is 1. The fraction of sp³-hybridized carbons (Fsp3) is 0.368. The van der Waals surface area contributed by atoms with E-state index in [1.807, 2.05) is 6.07 Å². The van der Waals surface area contributed by atoms with E-state index in [0.29, 0.717) is 19.8 Å². The smallest absolute Gasteiger partial charge is 0.161 e. The quantitative estimate of drug-likeness (QED) is 0.922. The molecule has 2 N–H and O–H groups in total. The standard InChI is InChI=1S/C19H24N2O2/c1-21(2)17-5-3-4-14(11-17)10-16(13-20)15-6-7-18-19(12-15)23-9-8-22-18/h3-7,11-12,16H,8-10,13,20H2,1-2H3. The zero-order valence-electron chi connectivity index (χ0n) is 13.8. The van der Waals surface area contributed by atoms with Crippen LogP contribution in [-0.4, -0.2) is 33.9 Å². The Bertz CT molecular complexity index is 670. The van der Waals surface area contributed by atoms with Gasteiger partial charge in [-0.15, -0.1) is 0 Å². The van der Waals surface area contributed by atoms with Gasteiger partial charge in [-0.1, -0.05) is 18.2 Å². The molecule has 0 fully saturated rings. The van der Waals surface area contributed by atoms with Crippen molar-refractivity contribution in [1.29, 1.82) is 0 Å². The van der Waals surface area contributed by atoms with E-state index in [-0.39, 0.29) is 5.92 Å². The first-order valence-electron chi connectivity index (χ1n) is 8.03. The Balaban J connectivity index is 1.81. The number of anilines is 1. The Labute approximate surface area is 137 Å². The lowest BCUT2D eigenvalue weighted by Gasteiger charge is -2.22. The molecule has 23 heavy (non-hydrogen) atoms. The van der Waals surface area contributed by atoms with Crippen molar-refractivity contribution in [3.63, 3.8) is 0 Å². The third-order valence-electron chi connectivity index (χ3n) is 4.23. The first-order chi connectivity index (χ1) is 11.2. The summed E-state index contributed by atoms with van der Waals surface area (Å²) in [5, 5.41) is 0. The summed E-state index contributed by atoms with van der Waals surface area (Å²) in [4.78, 5) is 2.12. The summed E-state index contributed by atoms with van der Waals surface area (Å²) in [6.45, 7) is 1.82. The molecule has 4 heteroatoms. The topological polar surface area (TPSA) is 47.7 Å². The summed E-state index contributed by atoms with van der Waals surface area (Å²) >= 11 is 0. The minimum Gasteiger partial charge on any atom is -0.486 e. The van der Waals surface area contributed by atoms with Gasteiger partial charge < -0.3 is 20.1 Å². The normalized spacial score (nSPS) is 14.4. The second-order valence-electron chi connectivity index (χ2n) is 6.10. The van der Waals surface area contributed by atoms with Crippen LogP contribution in [0.3, 0.4) is 0 Å². The zero-order chi connectivity index (χ0) is 16.2. The van der Waals surface area contributed by atoms with E-state index in [4.69, 9.17) is 15.2 Å². The second-order valence-corrected chi connectivity index (χ2v) is 6.10. The van der Waals surface area contributed by atoms with Crippen molar-refractivity contribution in [3.05, 3.63) is 53.6 Å². The van der Waals surface area contributed by atoms with Crippen LogP contribution in [0, 0.1) is 0 Å². The first-order valence-corrected chi connectivity index (χ1v) is 8.03. The fourth-order valence-corrected chi connectivity index (χ4v) is 2.90. The summed E-state index contributed by atoms with van der Waals surface area (Å²) in [6, 6.07) is 14.8. The van der Waals surface area contributed by atoms with Crippen LogP contribution in [0.1, 0.15) is 17.0 Å². The van der Waals surface area contributed by atoms with Crippen LogP contribution < -0.4 is 20.1 Å². The number of fused-ring (bicyclic) bond motifs is 1. The van der Waals surface area contributed by atoms with Crippen LogP contribution >= 0.6 is 0 Å². The number of nitrogens with two attached hydrogens (primary N) is 1. The summed E-state index contributed by atoms with van der Waals surface area (Å²) in [6.07, 6.45) is 0.915. The highest BCUT2D eigenvalue weighted by Crippen LogP contribution is 2.34. The van der Waals surface area contributed by atoms with Crippen molar-refractivity contribution in [2.75, 3.05) is 38.8 Å². The number of ether oxygens (including phenoxy) is 2. The summed E-state index contributed by atoms with van der Waals surface area (Å²) in [5.74, 6) is 1.92. The van der Waals surface area contributed by atoms with Gasteiger partial charge >= 0.3 is 0 Å². The molecular formula is C19H24N2O2. The minimum atomic E-state index is 0.267. The van der Waals surface area contributed by atoms with E-state index in [1.165, 1.54) is 16.8 Å². The van der Waals surface area contributed by atoms with Gasteiger partial charge in [0.15, 0.2) is 11.5 Å². The van der Waals surface area contributed by atoms with Gasteiger partial charge in [0.25, 0.3) is 0 Å². The van der Waals surface area contributed by atoms with Crippen LogP contribution in [-0.2, 0) is 6.42 Å². The maximum absolute atomic E-state index is 6.04. The first kappa shape index (κ1) is 15.7. The summed E-state index contributed by atoms with van der Waals surface area (Å²) in [7, 11) is 4.11. The van der Waals surface area contributed by atoms with Gasteiger partial charge in [0.05, 0.1) is 0 Å². The molecule has 0 bridgehead atoms. The van der Waals surface area contributed by atoms with E-state index in [9.17, 15) is 0 Å². The molecule has 0 aliphatic carbocycles. The monoisotopic (exact) mass is 312 g/mol. The van der Waals surface area contributed by atoms with Crippen molar-refractivity contribution in [2.24, 2.45) is 5.73 Å². The van der Waals surface area contributed by atoms with E-state index >= 15 is 0 Å². The van der Waals surface area contributed by atoms with Gasteiger partial charge in [-0.3, -0.25) is 0 Å². The van der Waals surface area contributed by atoms with E-state index in [2.05, 4.69) is 55.4 Å². The molecule has 2 aromatic rings. The van der Waals surface area contributed by atoms with Crippen LogP contribution in [0.4, 0.5) is 5.69 Å². The average molecular weight is 312 g/mol. The van der Waals surface area contributed by atoms with E-state index < -0.39 is 0 Å². The predicted octanol–water partition coefficient (Wildman–Crippen LogP) is 2.81. The van der Waals surface area contributed by atoms with Crippen molar-refractivity contribution >= 4 is 5.69 Å². The van der Waals surface area contributed by atoms with Crippen molar-refractivity contribution < 1.29 is 9.47 Å². The number of rotatable bonds is 5. The molecule has 122 valence electrons. The molecule has 0 saturated heterocycles. The van der Waals surface area contributed by atoms with E-state index in [1.54, 1.807) is 0 Å². The zero-order valence-corrected chi connectivity index (χ0v) is 13.8. The Morgan fingerprint density at radius 2 is 1.83 bits per heavy atom. The van der Waals surface area contributed by atoms with Crippen LogP contribution in [0.25, 0.3) is 0 Å². The highest BCUT2D eigenvalue weighted by atomic mass is 16.6. The van der Waals surface area contributed by atoms with Crippen molar-refractivity contribution in [3.8, 4) is 11.5 Å². The molecule has 0 radical (unpaired) electrons. The molecule has 2 aromatic carbocycles. The van der Waals surface area contributed by atoms with Gasteiger partial charge in [0, 0.05) is 25.7 Å². The van der Waals surface area contributed by atoms with E-state index in [0.717, 1.165) is 17.9 Å². The molecule has 1 aliphatic rings. The molecule has 1 unspecified atom stereocenters. The van der Waals surface area contributed by atoms with Crippen LogP contribution in [0.15, 0.2) is 42.5 Å². The number of benzene rings is 2. The summed E-state index contributed by atoms with van der Waals surface area (Å²) in [5.41, 5.74) is 9.75. The van der Waals surface area contributed by atoms with Gasteiger partial charge in [0.2, 0.25) is 0 Å². The molecule has 0 amide bonds. The average Bonchev–Trinajstić information content (AvgIpc) is 2.59. The minimum absolute atomic E-state index is 0.267. The highest BCUT2D eigenvalue weighted by Gasteiger charge is 2.17. The van der Waals surface area contributed by atoms with Crippen molar-refractivity contribution in [1.82, 2.24) is 0 Å². The molecule has 4 nitrogen and oxygen atoms in total. The Morgan fingerprint density at radius 3 is 2.57 bits per heavy atom. The lowest BCUT2D eigenvalue weighted by molar-refractivity contribution is 0.171. The van der Waals surface area contributed by atoms with Crippen LogP contribution in [0.2, 0.25) is 0 Å². The molecule has 1 heterocycles. The molecule has 1 aliphatic heterocycles. The Kier molecular flexibility index (Phi) is 4.72. The Morgan fingerprint density at radius 1 is 1.04 bits per heavy atom. The van der Waals surface area contributed by atoms with Gasteiger partial charge in [-0.25, -0.2) is 0 Å². The largest absolute Gasteiger partial charge is 0.486 e. The fourth-order valence-electron chi connectivity index (χ4n) is 2.90. The molecule has 0 aromatic heterocycles. The number of nitrogens with zero attached hydrogens (tertiary/aromatic N) is 1. The maximum Gasteiger partial charge on any atom is 0.161 e. The molecule has 3 rings (SSSR count). The van der Waals surface area contributed by atoms with Gasteiger partial charge in [0.1, 0.15) is 13.2 Å².